The van der Waals surface area contributed by atoms with Gasteiger partial charge in [-0.15, -0.1) is 0 Å². The molecule has 9 nitrogen and oxygen atoms in total. The minimum Gasteiger partial charge on any atom is -0.478 e. The molecule has 0 fully saturated rings. The van der Waals surface area contributed by atoms with Crippen molar-refractivity contribution < 1.29 is 34.5 Å². The van der Waals surface area contributed by atoms with E-state index >= 15 is 0 Å². The number of hydrogen-bond donors (Lipinski definition) is 3. The first kappa shape index (κ1) is 36.2. The standard InChI is InChI=1S/C44H46N2O7/c1-27(47)28-9-11-30(12-10-28)35-18-22-43(5)26-46(24-20-37(43)44(35,52)53)39(49)33-8-6-7-32(33)38(48)45-23-19-36-41(2,3)34(17-21-42(36,4)25-45)29-13-15-31(16-14-29)40(50)51/h7-20,52-53H,6,21-26H2,1-5H3,(H,50,51)/t42-,43-/m1/s1. The van der Waals surface area contributed by atoms with Gasteiger partial charge >= 0.3 is 5.97 Å². The summed E-state index contributed by atoms with van der Waals surface area (Å²) in [6.07, 6.45) is 13.2. The lowest BCUT2D eigenvalue weighted by atomic mass is 9.58. The Kier molecular flexibility index (Phi) is 8.74. The molecule has 0 saturated carbocycles. The van der Waals surface area contributed by atoms with Gasteiger partial charge in [0.1, 0.15) is 0 Å². The minimum atomic E-state index is -2.25. The number of carbonyl (C=O) groups is 4. The average Bonchev–Trinajstić information content (AvgIpc) is 3.60. The van der Waals surface area contributed by atoms with E-state index in [0.29, 0.717) is 65.8 Å². The van der Waals surface area contributed by atoms with Crippen LogP contribution in [-0.2, 0) is 9.59 Å². The third kappa shape index (κ3) is 6.05. The van der Waals surface area contributed by atoms with Gasteiger partial charge in [0, 0.05) is 64.7 Å². The van der Waals surface area contributed by atoms with E-state index in [0.717, 1.165) is 11.1 Å². The van der Waals surface area contributed by atoms with Crippen molar-refractivity contribution in [1.29, 1.82) is 0 Å². The summed E-state index contributed by atoms with van der Waals surface area (Å²) in [5, 5.41) is 32.4. The number of aromatic carboxylic acids is 1. The van der Waals surface area contributed by atoms with Gasteiger partial charge in [-0.1, -0.05) is 106 Å². The van der Waals surface area contributed by atoms with Gasteiger partial charge < -0.3 is 25.1 Å². The molecule has 274 valence electrons. The molecule has 0 radical (unpaired) electrons. The fourth-order valence-corrected chi connectivity index (χ4v) is 9.35. The zero-order valence-corrected chi connectivity index (χ0v) is 30.9. The maximum atomic E-state index is 14.2. The Morgan fingerprint density at radius 3 is 1.57 bits per heavy atom. The molecule has 2 aromatic rings. The molecule has 3 N–H and O–H groups in total. The van der Waals surface area contributed by atoms with E-state index in [4.69, 9.17) is 0 Å². The molecule has 0 aromatic heterocycles. The largest absolute Gasteiger partial charge is 0.478 e. The van der Waals surface area contributed by atoms with Crippen molar-refractivity contribution in [3.63, 3.8) is 0 Å². The molecule has 0 saturated heterocycles. The molecule has 2 aliphatic heterocycles. The number of allylic oxidation sites excluding steroid dienone is 5. The first-order chi connectivity index (χ1) is 25.0. The number of fused-ring (bicyclic) bond motifs is 2. The maximum Gasteiger partial charge on any atom is 0.335 e. The zero-order valence-electron chi connectivity index (χ0n) is 30.9. The quantitative estimate of drug-likeness (QED) is 0.180. The van der Waals surface area contributed by atoms with Crippen molar-refractivity contribution in [2.45, 2.75) is 59.7 Å². The van der Waals surface area contributed by atoms with Gasteiger partial charge in [0.05, 0.1) is 5.56 Å². The van der Waals surface area contributed by atoms with Gasteiger partial charge in [-0.25, -0.2) is 4.79 Å². The van der Waals surface area contributed by atoms with Gasteiger partial charge in [0.2, 0.25) is 5.79 Å². The highest BCUT2D eigenvalue weighted by Gasteiger charge is 2.51. The van der Waals surface area contributed by atoms with Crippen LogP contribution in [0.4, 0.5) is 0 Å². The number of ketones is 1. The van der Waals surface area contributed by atoms with Gasteiger partial charge in [0.25, 0.3) is 11.8 Å². The zero-order chi connectivity index (χ0) is 38.1. The minimum absolute atomic E-state index is 0.0707. The molecular formula is C44H46N2O7. The fourth-order valence-electron chi connectivity index (χ4n) is 9.35. The molecule has 5 aliphatic rings. The molecule has 9 heteroatoms. The van der Waals surface area contributed by atoms with Crippen molar-refractivity contribution in [3.8, 4) is 0 Å². The van der Waals surface area contributed by atoms with E-state index in [-0.39, 0.29) is 47.1 Å². The lowest BCUT2D eigenvalue weighted by Gasteiger charge is -2.50. The van der Waals surface area contributed by atoms with E-state index in [1.807, 2.05) is 36.1 Å². The number of amides is 2. The van der Waals surface area contributed by atoms with Crippen LogP contribution in [0.1, 0.15) is 85.7 Å². The normalized spacial score (nSPS) is 25.8. The molecule has 0 unspecified atom stereocenters. The van der Waals surface area contributed by atoms with E-state index in [1.54, 1.807) is 53.5 Å². The number of carboxylic acid groups (broad SMARTS) is 1. The molecule has 7 rings (SSSR count). The Morgan fingerprint density at radius 2 is 1.06 bits per heavy atom. The molecule has 3 aliphatic carbocycles. The first-order valence-corrected chi connectivity index (χ1v) is 18.2. The van der Waals surface area contributed by atoms with Gasteiger partial charge in [-0.2, -0.15) is 0 Å². The third-order valence-electron chi connectivity index (χ3n) is 12.0. The second-order valence-electron chi connectivity index (χ2n) is 16.2. The fraction of sp³-hybridized carbons (Fsp3) is 0.364. The summed E-state index contributed by atoms with van der Waals surface area (Å²) in [7, 11) is 0. The van der Waals surface area contributed by atoms with Crippen molar-refractivity contribution in [2.24, 2.45) is 16.2 Å². The summed E-state index contributed by atoms with van der Waals surface area (Å²) in [5.74, 6) is -3.72. The van der Waals surface area contributed by atoms with E-state index in [1.165, 1.54) is 12.5 Å². The molecule has 2 amide bonds. The number of aliphatic hydroxyl groups is 2. The maximum absolute atomic E-state index is 14.2. The van der Waals surface area contributed by atoms with E-state index in [9.17, 15) is 34.5 Å². The Balaban J connectivity index is 1.06. The Morgan fingerprint density at radius 1 is 0.604 bits per heavy atom. The van der Waals surface area contributed by atoms with Crippen LogP contribution in [0, 0.1) is 16.2 Å². The van der Waals surface area contributed by atoms with Gasteiger partial charge in [-0.05, 0) is 60.6 Å². The van der Waals surface area contributed by atoms with Crippen molar-refractivity contribution in [1.82, 2.24) is 9.80 Å². The second kappa shape index (κ2) is 12.8. The van der Waals surface area contributed by atoms with E-state index < -0.39 is 17.2 Å². The summed E-state index contributed by atoms with van der Waals surface area (Å²) in [5.41, 5.74) is 4.91. The summed E-state index contributed by atoms with van der Waals surface area (Å²) in [4.78, 5) is 55.0. The summed E-state index contributed by atoms with van der Waals surface area (Å²) in [6, 6.07) is 13.8. The summed E-state index contributed by atoms with van der Waals surface area (Å²) >= 11 is 0. The molecule has 2 heterocycles. The van der Waals surface area contributed by atoms with E-state index in [2.05, 4.69) is 32.9 Å². The van der Waals surface area contributed by atoms with Crippen LogP contribution in [0.2, 0.25) is 0 Å². The number of carbonyl (C=O) groups excluding carboxylic acids is 3. The van der Waals surface area contributed by atoms with Crippen molar-refractivity contribution in [3.05, 3.63) is 130 Å². The number of Topliss-reactive ketones (excluding diaryl/α,β-unsaturated/α-hetero) is 1. The molecule has 2 atom stereocenters. The van der Waals surface area contributed by atoms with Crippen LogP contribution >= 0.6 is 0 Å². The smallest absolute Gasteiger partial charge is 0.335 e. The van der Waals surface area contributed by atoms with Crippen LogP contribution in [0.15, 0.2) is 107 Å². The Bertz CT molecular complexity index is 1980. The third-order valence-corrected chi connectivity index (χ3v) is 12.0. The summed E-state index contributed by atoms with van der Waals surface area (Å²) in [6.45, 7) is 11.3. The van der Waals surface area contributed by atoms with Crippen molar-refractivity contribution >= 4 is 34.7 Å². The Hall–Kier alpha value is -5.12. The average molecular weight is 715 g/mol. The molecular weight excluding hydrogens is 668 g/mol. The van der Waals surface area contributed by atoms with Crippen LogP contribution in [0.3, 0.4) is 0 Å². The lowest BCUT2D eigenvalue weighted by Crippen LogP contribution is -2.53. The monoisotopic (exact) mass is 714 g/mol. The molecule has 0 spiro atoms. The number of rotatable bonds is 6. The predicted octanol–water partition coefficient (Wildman–Crippen LogP) is 6.38. The van der Waals surface area contributed by atoms with Gasteiger partial charge in [0.15, 0.2) is 5.78 Å². The predicted molar refractivity (Wildman–Crippen MR) is 202 cm³/mol. The summed E-state index contributed by atoms with van der Waals surface area (Å²) < 4.78 is 0. The topological polar surface area (TPSA) is 135 Å². The number of carboxylic acids is 1. The highest BCUT2D eigenvalue weighted by molar-refractivity contribution is 6.12. The Labute approximate surface area is 310 Å². The van der Waals surface area contributed by atoms with Crippen molar-refractivity contribution in [2.75, 3.05) is 26.2 Å². The van der Waals surface area contributed by atoms with Crippen LogP contribution < -0.4 is 0 Å². The molecule has 2 aromatic carbocycles. The lowest BCUT2D eigenvalue weighted by molar-refractivity contribution is -0.132. The van der Waals surface area contributed by atoms with Gasteiger partial charge in [-0.3, -0.25) is 14.4 Å². The number of nitrogens with zero attached hydrogens (tertiary/aromatic N) is 2. The number of hydrogen-bond acceptors (Lipinski definition) is 6. The molecule has 53 heavy (non-hydrogen) atoms. The highest BCUT2D eigenvalue weighted by Crippen LogP contribution is 2.55. The molecule has 0 bridgehead atoms. The first-order valence-electron chi connectivity index (χ1n) is 18.2. The van der Waals surface area contributed by atoms with Crippen LogP contribution in [0.25, 0.3) is 11.1 Å². The van der Waals surface area contributed by atoms with Crippen LogP contribution in [-0.4, -0.2) is 80.7 Å². The number of benzene rings is 2. The highest BCUT2D eigenvalue weighted by atomic mass is 16.5. The second-order valence-corrected chi connectivity index (χ2v) is 16.2. The van der Waals surface area contributed by atoms with Crippen LogP contribution in [0.5, 0.6) is 0 Å². The SMILES string of the molecule is CC(=O)c1ccc(C2=CC[C@]3(C)CN(C(=O)C4=CCC=C4C(=O)N4CC=C5C(C)(C)C(c6ccc(C(=O)O)cc6)=CC[C@]5(C)C4)CC=C3C2(O)O)cc1.